The zero-order valence-electron chi connectivity index (χ0n) is 9.21. The topological polar surface area (TPSA) is 33.6 Å². The molecule has 1 aromatic carbocycles. The van der Waals surface area contributed by atoms with Gasteiger partial charge in [0, 0.05) is 13.0 Å². The number of anilines is 1. The molecule has 15 heavy (non-hydrogen) atoms. The number of para-hydroxylation sites is 1. The quantitative estimate of drug-likeness (QED) is 0.803. The summed E-state index contributed by atoms with van der Waals surface area (Å²) in [6.45, 7) is 2.98. The van der Waals surface area contributed by atoms with E-state index in [1.54, 1.807) is 7.11 Å². The molecule has 0 saturated carbocycles. The number of benzene rings is 1. The van der Waals surface area contributed by atoms with Crippen LogP contribution in [0, 0.1) is 6.92 Å². The van der Waals surface area contributed by atoms with Crippen LogP contribution < -0.4 is 10.1 Å². The van der Waals surface area contributed by atoms with E-state index in [-0.39, 0.29) is 0 Å². The van der Waals surface area contributed by atoms with Crippen LogP contribution in [-0.2, 0) is 0 Å². The average Bonchev–Trinajstić information content (AvgIpc) is 2.71. The molecular formula is C12H16N2O. The van der Waals surface area contributed by atoms with Gasteiger partial charge in [0.1, 0.15) is 11.6 Å². The molecule has 0 fully saturated rings. The Hall–Kier alpha value is -1.51. The second kappa shape index (κ2) is 4.34. The molecule has 80 valence electrons. The van der Waals surface area contributed by atoms with E-state index in [0.717, 1.165) is 42.2 Å². The first-order valence-corrected chi connectivity index (χ1v) is 5.25. The van der Waals surface area contributed by atoms with Crippen molar-refractivity contribution < 1.29 is 4.74 Å². The minimum absolute atomic E-state index is 0.909. The molecule has 0 aliphatic carbocycles. The normalized spacial score (nSPS) is 14.9. The van der Waals surface area contributed by atoms with E-state index in [9.17, 15) is 0 Å². The lowest BCUT2D eigenvalue weighted by Crippen LogP contribution is -2.09. The smallest absolute Gasteiger partial charge is 0.145 e. The van der Waals surface area contributed by atoms with Crippen molar-refractivity contribution in [2.75, 3.05) is 19.0 Å². The van der Waals surface area contributed by atoms with Crippen LogP contribution >= 0.6 is 0 Å². The summed E-state index contributed by atoms with van der Waals surface area (Å²) in [5, 5.41) is 3.33. The van der Waals surface area contributed by atoms with Crippen LogP contribution in [0.25, 0.3) is 0 Å². The number of ether oxygens (including phenoxy) is 1. The number of nitrogens with zero attached hydrogens (tertiary/aromatic N) is 1. The van der Waals surface area contributed by atoms with Crippen molar-refractivity contribution in [3.05, 3.63) is 23.8 Å². The minimum atomic E-state index is 0.909. The highest BCUT2D eigenvalue weighted by Gasteiger charge is 2.10. The number of nitrogens with one attached hydrogen (secondary N) is 1. The third-order valence-corrected chi connectivity index (χ3v) is 2.57. The number of hydrogen-bond donors (Lipinski definition) is 1. The highest BCUT2D eigenvalue weighted by atomic mass is 16.5. The van der Waals surface area contributed by atoms with Crippen LogP contribution in [-0.4, -0.2) is 19.5 Å². The number of aliphatic imine (C=N–C) groups is 1. The van der Waals surface area contributed by atoms with E-state index in [1.165, 1.54) is 0 Å². The Bertz CT molecular complexity index is 385. The third-order valence-electron chi connectivity index (χ3n) is 2.57. The van der Waals surface area contributed by atoms with Gasteiger partial charge in [0.2, 0.25) is 0 Å². The number of rotatable bonds is 2. The molecule has 1 aliphatic rings. The Morgan fingerprint density at radius 2 is 2.27 bits per heavy atom. The van der Waals surface area contributed by atoms with Crippen molar-refractivity contribution >= 4 is 11.5 Å². The van der Waals surface area contributed by atoms with Crippen LogP contribution in [0.4, 0.5) is 5.69 Å². The monoisotopic (exact) mass is 204 g/mol. The molecule has 0 spiro atoms. The first-order chi connectivity index (χ1) is 7.31. The van der Waals surface area contributed by atoms with E-state index in [1.807, 2.05) is 25.1 Å². The molecule has 0 radical (unpaired) electrons. The minimum Gasteiger partial charge on any atom is -0.494 e. The molecule has 0 unspecified atom stereocenters. The van der Waals surface area contributed by atoms with E-state index >= 15 is 0 Å². The molecule has 0 aromatic heterocycles. The molecule has 0 amide bonds. The fourth-order valence-electron chi connectivity index (χ4n) is 1.82. The van der Waals surface area contributed by atoms with E-state index < -0.39 is 0 Å². The molecule has 1 aliphatic heterocycles. The van der Waals surface area contributed by atoms with Crippen molar-refractivity contribution in [2.45, 2.75) is 19.8 Å². The second-order valence-corrected chi connectivity index (χ2v) is 3.71. The summed E-state index contributed by atoms with van der Waals surface area (Å²) in [7, 11) is 1.70. The van der Waals surface area contributed by atoms with Crippen LogP contribution in [0.3, 0.4) is 0 Å². The van der Waals surface area contributed by atoms with Crippen molar-refractivity contribution in [1.29, 1.82) is 0 Å². The zero-order chi connectivity index (χ0) is 10.7. The first kappa shape index (κ1) is 10.0. The van der Waals surface area contributed by atoms with Crippen LogP contribution in [0.1, 0.15) is 18.4 Å². The predicted molar refractivity (Wildman–Crippen MR) is 62.9 cm³/mol. The summed E-state index contributed by atoms with van der Waals surface area (Å²) in [6.07, 6.45) is 2.19. The Morgan fingerprint density at radius 1 is 1.40 bits per heavy atom. The van der Waals surface area contributed by atoms with Crippen LogP contribution in [0.2, 0.25) is 0 Å². The largest absolute Gasteiger partial charge is 0.494 e. The standard InChI is InChI=1S/C12H16N2O/c1-9-5-3-6-10(12(9)15-2)14-11-7-4-8-13-11/h3,5-6H,4,7-8H2,1-2H3,(H,13,14). The number of hydrogen-bond acceptors (Lipinski definition) is 3. The summed E-state index contributed by atoms with van der Waals surface area (Å²) in [4.78, 5) is 4.39. The van der Waals surface area contributed by atoms with Gasteiger partial charge in [-0.05, 0) is 25.0 Å². The van der Waals surface area contributed by atoms with Crippen LogP contribution in [0.15, 0.2) is 23.2 Å². The molecule has 3 heteroatoms. The van der Waals surface area contributed by atoms with Gasteiger partial charge in [-0.2, -0.15) is 0 Å². The summed E-state index contributed by atoms with van der Waals surface area (Å²) in [5.74, 6) is 1.98. The fraction of sp³-hybridized carbons (Fsp3) is 0.417. The van der Waals surface area contributed by atoms with Gasteiger partial charge in [-0.15, -0.1) is 0 Å². The Labute approximate surface area is 90.2 Å². The van der Waals surface area contributed by atoms with Gasteiger partial charge in [0.15, 0.2) is 0 Å². The lowest BCUT2D eigenvalue weighted by atomic mass is 10.2. The molecule has 3 nitrogen and oxygen atoms in total. The van der Waals surface area contributed by atoms with Crippen LogP contribution in [0.5, 0.6) is 5.75 Å². The third kappa shape index (κ3) is 2.12. The Morgan fingerprint density at radius 3 is 2.93 bits per heavy atom. The highest BCUT2D eigenvalue weighted by molar-refractivity contribution is 5.97. The second-order valence-electron chi connectivity index (χ2n) is 3.71. The molecular weight excluding hydrogens is 188 g/mol. The molecule has 1 heterocycles. The molecule has 1 aromatic rings. The van der Waals surface area contributed by atoms with Gasteiger partial charge in [0.25, 0.3) is 0 Å². The van der Waals surface area contributed by atoms with Crippen molar-refractivity contribution in [1.82, 2.24) is 0 Å². The summed E-state index contributed by atoms with van der Waals surface area (Å²) < 4.78 is 5.37. The first-order valence-electron chi connectivity index (χ1n) is 5.25. The van der Waals surface area contributed by atoms with Crippen molar-refractivity contribution in [3.8, 4) is 5.75 Å². The zero-order valence-corrected chi connectivity index (χ0v) is 9.21. The maximum absolute atomic E-state index is 5.37. The number of amidine groups is 1. The predicted octanol–water partition coefficient (Wildman–Crippen LogP) is 2.61. The molecule has 1 N–H and O–H groups in total. The number of aryl methyl sites for hydroxylation is 1. The van der Waals surface area contributed by atoms with Crippen molar-refractivity contribution in [2.24, 2.45) is 4.99 Å². The average molecular weight is 204 g/mol. The lowest BCUT2D eigenvalue weighted by Gasteiger charge is -2.12. The van der Waals surface area contributed by atoms with Gasteiger partial charge in [-0.3, -0.25) is 4.99 Å². The van der Waals surface area contributed by atoms with Gasteiger partial charge < -0.3 is 10.1 Å². The summed E-state index contributed by atoms with van der Waals surface area (Å²) in [5.41, 5.74) is 2.15. The molecule has 0 atom stereocenters. The van der Waals surface area contributed by atoms with Crippen molar-refractivity contribution in [3.63, 3.8) is 0 Å². The fourth-order valence-corrected chi connectivity index (χ4v) is 1.82. The van der Waals surface area contributed by atoms with Gasteiger partial charge in [-0.1, -0.05) is 12.1 Å². The Kier molecular flexibility index (Phi) is 2.90. The van der Waals surface area contributed by atoms with E-state index in [4.69, 9.17) is 4.74 Å². The molecule has 2 rings (SSSR count). The molecule has 0 saturated heterocycles. The van der Waals surface area contributed by atoms with Gasteiger partial charge in [0.05, 0.1) is 12.8 Å². The summed E-state index contributed by atoms with van der Waals surface area (Å²) in [6, 6.07) is 6.09. The lowest BCUT2D eigenvalue weighted by molar-refractivity contribution is 0.414. The van der Waals surface area contributed by atoms with E-state index in [0.29, 0.717) is 0 Å². The van der Waals surface area contributed by atoms with E-state index in [2.05, 4.69) is 10.3 Å². The summed E-state index contributed by atoms with van der Waals surface area (Å²) >= 11 is 0. The van der Waals surface area contributed by atoms with Gasteiger partial charge in [-0.25, -0.2) is 0 Å². The highest BCUT2D eigenvalue weighted by Crippen LogP contribution is 2.28. The molecule has 0 bridgehead atoms. The number of methoxy groups -OCH3 is 1. The Balaban J connectivity index is 2.23. The SMILES string of the molecule is COc1c(C)cccc1NC1=NCCC1. The maximum atomic E-state index is 5.37. The van der Waals surface area contributed by atoms with Gasteiger partial charge >= 0.3 is 0 Å². The maximum Gasteiger partial charge on any atom is 0.145 e.